The summed E-state index contributed by atoms with van der Waals surface area (Å²) in [6, 6.07) is 1.51. The molecule has 0 atom stereocenters. The molecule has 2 N–H and O–H groups in total. The quantitative estimate of drug-likeness (QED) is 0.548. The van der Waals surface area contributed by atoms with Crippen LogP contribution in [-0.4, -0.2) is 0 Å². The van der Waals surface area contributed by atoms with Crippen LogP contribution in [0, 0.1) is 17.5 Å². The van der Waals surface area contributed by atoms with Gasteiger partial charge in [-0.2, -0.15) is 0 Å². The van der Waals surface area contributed by atoms with Crippen molar-refractivity contribution in [1.82, 2.24) is 0 Å². The summed E-state index contributed by atoms with van der Waals surface area (Å²) in [5, 5.41) is 0. The molecule has 12 heavy (non-hydrogen) atoms. The number of hydrogen-bond acceptors (Lipinski definition) is 2. The number of benzene rings is 1. The van der Waals surface area contributed by atoms with E-state index in [1.165, 1.54) is 0 Å². The fourth-order valence-corrected chi connectivity index (χ4v) is 0.785. The maximum atomic E-state index is 12.7. The van der Waals surface area contributed by atoms with Gasteiger partial charge in [0.2, 0.25) is 0 Å². The van der Waals surface area contributed by atoms with Crippen LogP contribution in [0.1, 0.15) is 5.56 Å². The summed E-state index contributed by atoms with van der Waals surface area (Å²) < 4.78 is 37.8. The zero-order valence-corrected chi connectivity index (χ0v) is 5.98. The minimum Gasteiger partial charge on any atom is -0.300 e. The Hall–Kier alpha value is -1.07. The molecule has 0 aliphatic carbocycles. The first-order valence-corrected chi connectivity index (χ1v) is 3.11. The molecular weight excluding hydrogens is 171 g/mol. The zero-order valence-electron chi connectivity index (χ0n) is 5.98. The Morgan fingerprint density at radius 1 is 1.17 bits per heavy atom. The second-order valence-electron chi connectivity index (χ2n) is 2.13. The van der Waals surface area contributed by atoms with Gasteiger partial charge in [-0.3, -0.25) is 4.84 Å². The van der Waals surface area contributed by atoms with Gasteiger partial charge in [0.1, 0.15) is 5.82 Å². The minimum atomic E-state index is -1.26. The predicted octanol–water partition coefficient (Wildman–Crippen LogP) is 1.49. The average molecular weight is 177 g/mol. The van der Waals surface area contributed by atoms with Crippen molar-refractivity contribution in [1.29, 1.82) is 0 Å². The summed E-state index contributed by atoms with van der Waals surface area (Å²) in [7, 11) is 0. The van der Waals surface area contributed by atoms with Crippen molar-refractivity contribution >= 4 is 0 Å². The molecule has 1 aromatic carbocycles. The van der Waals surface area contributed by atoms with Gasteiger partial charge in [-0.25, -0.2) is 19.1 Å². The lowest BCUT2D eigenvalue weighted by Gasteiger charge is -2.02. The van der Waals surface area contributed by atoms with E-state index in [-0.39, 0.29) is 0 Å². The van der Waals surface area contributed by atoms with E-state index < -0.39 is 29.6 Å². The van der Waals surface area contributed by atoms with Gasteiger partial charge in [-0.15, -0.1) is 0 Å². The Bertz CT molecular complexity index is 290. The Labute approximate surface area is 66.7 Å². The largest absolute Gasteiger partial charge is 0.300 e. The third-order valence-corrected chi connectivity index (χ3v) is 1.37. The van der Waals surface area contributed by atoms with E-state index in [9.17, 15) is 13.2 Å². The predicted molar refractivity (Wildman–Crippen MR) is 35.3 cm³/mol. The molecule has 0 saturated carbocycles. The molecule has 0 radical (unpaired) electrons. The molecule has 0 heterocycles. The molecule has 0 bridgehead atoms. The third-order valence-electron chi connectivity index (χ3n) is 1.37. The number of rotatable bonds is 2. The van der Waals surface area contributed by atoms with E-state index in [4.69, 9.17) is 0 Å². The molecular formula is C7H6F3NO. The van der Waals surface area contributed by atoms with Crippen LogP contribution >= 0.6 is 0 Å². The fraction of sp³-hybridized carbons (Fsp3) is 0.143. The topological polar surface area (TPSA) is 35.2 Å². The molecule has 0 unspecified atom stereocenters. The van der Waals surface area contributed by atoms with Crippen LogP contribution in [0.5, 0.6) is 0 Å². The van der Waals surface area contributed by atoms with Gasteiger partial charge < -0.3 is 0 Å². The summed E-state index contributed by atoms with van der Waals surface area (Å²) >= 11 is 0. The average Bonchev–Trinajstić information content (AvgIpc) is 2.06. The summed E-state index contributed by atoms with van der Waals surface area (Å²) in [5.41, 5.74) is -0.502. The van der Waals surface area contributed by atoms with Crippen molar-refractivity contribution in [3.8, 4) is 0 Å². The van der Waals surface area contributed by atoms with Gasteiger partial charge in [-0.1, -0.05) is 0 Å². The minimum absolute atomic E-state index is 0.491. The summed E-state index contributed by atoms with van der Waals surface area (Å²) in [5.74, 6) is 1.33. The maximum Gasteiger partial charge on any atom is 0.167 e. The molecule has 0 aliphatic heterocycles. The Morgan fingerprint density at radius 3 is 2.33 bits per heavy atom. The molecule has 0 fully saturated rings. The van der Waals surface area contributed by atoms with Crippen LogP contribution in [0.2, 0.25) is 0 Å². The first kappa shape index (κ1) is 9.02. The molecule has 5 heteroatoms. The molecule has 66 valence electrons. The van der Waals surface area contributed by atoms with Gasteiger partial charge >= 0.3 is 0 Å². The first-order valence-electron chi connectivity index (χ1n) is 3.11. The molecule has 0 spiro atoms. The van der Waals surface area contributed by atoms with Crippen LogP contribution in [0.25, 0.3) is 0 Å². The lowest BCUT2D eigenvalue weighted by atomic mass is 10.2. The van der Waals surface area contributed by atoms with Crippen LogP contribution in [0.3, 0.4) is 0 Å². The van der Waals surface area contributed by atoms with E-state index in [1.807, 2.05) is 0 Å². The number of nitrogens with two attached hydrogens (primary N) is 1. The Balaban J connectivity index is 3.14. The van der Waals surface area contributed by atoms with Crippen LogP contribution in [-0.2, 0) is 11.4 Å². The van der Waals surface area contributed by atoms with Gasteiger partial charge in [0.15, 0.2) is 11.6 Å². The van der Waals surface area contributed by atoms with Crippen molar-refractivity contribution in [2.75, 3.05) is 0 Å². The lowest BCUT2D eigenvalue weighted by Crippen LogP contribution is -2.05. The zero-order chi connectivity index (χ0) is 9.14. The maximum absolute atomic E-state index is 12.7. The van der Waals surface area contributed by atoms with Gasteiger partial charge in [-0.05, 0) is 12.1 Å². The molecule has 1 aromatic rings. The smallest absolute Gasteiger partial charge is 0.167 e. The van der Waals surface area contributed by atoms with E-state index in [2.05, 4.69) is 10.7 Å². The summed E-state index contributed by atoms with van der Waals surface area (Å²) in [6.45, 7) is -0.491. The molecule has 0 saturated heterocycles. The Morgan fingerprint density at radius 2 is 1.75 bits per heavy atom. The van der Waals surface area contributed by atoms with Crippen LogP contribution in [0.15, 0.2) is 12.1 Å². The number of halogens is 3. The van der Waals surface area contributed by atoms with Gasteiger partial charge in [0.25, 0.3) is 0 Å². The van der Waals surface area contributed by atoms with E-state index in [0.717, 1.165) is 6.07 Å². The number of hydrogen-bond donors (Lipinski definition) is 1. The van der Waals surface area contributed by atoms with E-state index in [1.54, 1.807) is 0 Å². The highest BCUT2D eigenvalue weighted by Gasteiger charge is 2.12. The SMILES string of the molecule is NOCc1c(F)ccc(F)c1F. The van der Waals surface area contributed by atoms with Crippen LogP contribution < -0.4 is 5.90 Å². The summed E-state index contributed by atoms with van der Waals surface area (Å²) in [4.78, 5) is 4.00. The Kier molecular flexibility index (Phi) is 2.67. The molecule has 2 nitrogen and oxygen atoms in total. The molecule has 0 amide bonds. The van der Waals surface area contributed by atoms with E-state index in [0.29, 0.717) is 6.07 Å². The van der Waals surface area contributed by atoms with Crippen molar-refractivity contribution in [2.45, 2.75) is 6.61 Å². The van der Waals surface area contributed by atoms with Gasteiger partial charge in [0.05, 0.1) is 12.2 Å². The first-order chi connectivity index (χ1) is 5.66. The summed E-state index contributed by atoms with van der Waals surface area (Å²) in [6.07, 6.45) is 0. The molecule has 0 aliphatic rings. The second kappa shape index (κ2) is 3.55. The fourth-order valence-electron chi connectivity index (χ4n) is 0.785. The molecule has 0 aromatic heterocycles. The van der Waals surface area contributed by atoms with Crippen molar-refractivity contribution in [2.24, 2.45) is 5.90 Å². The standard InChI is InChI=1S/C7H6F3NO/c8-5-1-2-6(9)7(10)4(5)3-12-11/h1-2H,3,11H2. The van der Waals surface area contributed by atoms with Crippen molar-refractivity contribution in [3.63, 3.8) is 0 Å². The lowest BCUT2D eigenvalue weighted by molar-refractivity contribution is 0.118. The highest BCUT2D eigenvalue weighted by molar-refractivity contribution is 5.20. The second-order valence-corrected chi connectivity index (χ2v) is 2.13. The van der Waals surface area contributed by atoms with Crippen molar-refractivity contribution < 1.29 is 18.0 Å². The van der Waals surface area contributed by atoms with Crippen LogP contribution in [0.4, 0.5) is 13.2 Å². The highest BCUT2D eigenvalue weighted by Crippen LogP contribution is 2.15. The normalized spacial score (nSPS) is 10.3. The highest BCUT2D eigenvalue weighted by atomic mass is 19.2. The monoisotopic (exact) mass is 177 g/mol. The van der Waals surface area contributed by atoms with Gasteiger partial charge in [0, 0.05) is 0 Å². The molecule has 1 rings (SSSR count). The van der Waals surface area contributed by atoms with E-state index >= 15 is 0 Å². The third kappa shape index (κ3) is 1.57. The van der Waals surface area contributed by atoms with Crippen molar-refractivity contribution in [3.05, 3.63) is 35.1 Å².